The third-order valence-corrected chi connectivity index (χ3v) is 6.75. The third kappa shape index (κ3) is 3.84. The van der Waals surface area contributed by atoms with Gasteiger partial charge >= 0.3 is 0 Å². The van der Waals surface area contributed by atoms with Crippen molar-refractivity contribution in [1.82, 2.24) is 9.66 Å². The molecule has 0 spiro atoms. The van der Waals surface area contributed by atoms with Crippen LogP contribution in [0.4, 0.5) is 5.69 Å². The van der Waals surface area contributed by atoms with E-state index in [0.29, 0.717) is 21.7 Å². The van der Waals surface area contributed by atoms with Gasteiger partial charge in [0.05, 0.1) is 11.1 Å². The molecular formula is C25H22N4O4S. The maximum atomic E-state index is 13.3. The van der Waals surface area contributed by atoms with Gasteiger partial charge in [0.2, 0.25) is 5.91 Å². The fourth-order valence-corrected chi connectivity index (χ4v) is 5.13. The summed E-state index contributed by atoms with van der Waals surface area (Å²) in [5.41, 5.74) is 4.65. The first kappa shape index (κ1) is 21.8. The summed E-state index contributed by atoms with van der Waals surface area (Å²) in [6, 6.07) is 16.9. The van der Waals surface area contributed by atoms with Crippen molar-refractivity contribution in [3.63, 3.8) is 0 Å². The van der Waals surface area contributed by atoms with E-state index in [9.17, 15) is 14.4 Å². The van der Waals surface area contributed by atoms with Gasteiger partial charge in [0.1, 0.15) is 16.9 Å². The topological polar surface area (TPSA) is 93.5 Å². The third-order valence-electron chi connectivity index (χ3n) is 5.73. The summed E-state index contributed by atoms with van der Waals surface area (Å²) in [5, 5.41) is 0.475. The van der Waals surface area contributed by atoms with E-state index in [0.717, 1.165) is 20.7 Å². The number of hydrogen-bond donors (Lipinski definition) is 1. The van der Waals surface area contributed by atoms with E-state index >= 15 is 0 Å². The largest absolute Gasteiger partial charge is 0.479 e. The van der Waals surface area contributed by atoms with E-state index in [4.69, 9.17) is 4.74 Å². The van der Waals surface area contributed by atoms with Crippen LogP contribution in [0.2, 0.25) is 0 Å². The molecule has 1 N–H and O–H groups in total. The smallest absolute Gasteiger partial charge is 0.281 e. The van der Waals surface area contributed by atoms with Gasteiger partial charge in [0.25, 0.3) is 11.5 Å². The number of benzene rings is 2. The molecule has 2 aromatic carbocycles. The van der Waals surface area contributed by atoms with Crippen LogP contribution in [0.5, 0.6) is 5.75 Å². The number of aryl methyl sites for hydroxylation is 1. The van der Waals surface area contributed by atoms with Gasteiger partial charge in [0.15, 0.2) is 6.10 Å². The second kappa shape index (κ2) is 8.75. The number of amides is 2. The minimum Gasteiger partial charge on any atom is -0.479 e. The maximum absolute atomic E-state index is 13.3. The summed E-state index contributed by atoms with van der Waals surface area (Å²) in [7, 11) is 0. The van der Waals surface area contributed by atoms with Crippen LogP contribution in [0.25, 0.3) is 21.3 Å². The number of thiophene rings is 1. The predicted molar refractivity (Wildman–Crippen MR) is 132 cm³/mol. The highest BCUT2D eigenvalue weighted by molar-refractivity contribution is 7.19. The molecule has 0 radical (unpaired) electrons. The molecule has 1 aliphatic heterocycles. The second-order valence-corrected chi connectivity index (χ2v) is 9.21. The van der Waals surface area contributed by atoms with E-state index in [2.05, 4.69) is 10.4 Å². The van der Waals surface area contributed by atoms with Crippen LogP contribution in [0, 0.1) is 6.92 Å². The number of fused-ring (bicyclic) bond motifs is 2. The van der Waals surface area contributed by atoms with Gasteiger partial charge in [-0.05, 0) is 31.5 Å². The van der Waals surface area contributed by atoms with Gasteiger partial charge in [-0.1, -0.05) is 42.5 Å². The Morgan fingerprint density at radius 2 is 1.85 bits per heavy atom. The molecule has 172 valence electrons. The summed E-state index contributed by atoms with van der Waals surface area (Å²) in [6.07, 6.45) is 0.696. The molecule has 2 aromatic heterocycles. The zero-order chi connectivity index (χ0) is 23.8. The van der Waals surface area contributed by atoms with Crippen molar-refractivity contribution < 1.29 is 14.3 Å². The van der Waals surface area contributed by atoms with Gasteiger partial charge in [-0.2, -0.15) is 0 Å². The summed E-state index contributed by atoms with van der Waals surface area (Å²) in [4.78, 5) is 46.2. The van der Waals surface area contributed by atoms with E-state index in [-0.39, 0.29) is 24.4 Å². The Balaban J connectivity index is 1.38. The summed E-state index contributed by atoms with van der Waals surface area (Å²) in [5.74, 6) is -0.0176. The monoisotopic (exact) mass is 474 g/mol. The molecule has 0 saturated carbocycles. The molecule has 2 amide bonds. The highest BCUT2D eigenvalue weighted by Gasteiger charge is 2.31. The number of rotatable bonds is 5. The van der Waals surface area contributed by atoms with Crippen LogP contribution >= 0.6 is 11.3 Å². The molecular weight excluding hydrogens is 452 g/mol. The number of carbonyl (C=O) groups excluding carboxylic acids is 2. The molecule has 0 fully saturated rings. The molecule has 0 bridgehead atoms. The van der Waals surface area contributed by atoms with Gasteiger partial charge in [-0.25, -0.2) is 9.66 Å². The molecule has 4 aromatic rings. The lowest BCUT2D eigenvalue weighted by atomic mass is 10.0. The molecule has 3 heterocycles. The van der Waals surface area contributed by atoms with Crippen molar-refractivity contribution in [2.75, 3.05) is 16.9 Å². The molecule has 1 aliphatic rings. The zero-order valence-electron chi connectivity index (χ0n) is 18.6. The van der Waals surface area contributed by atoms with Gasteiger partial charge in [0, 0.05) is 23.4 Å². The molecule has 0 aliphatic carbocycles. The first-order valence-corrected chi connectivity index (χ1v) is 11.7. The first-order valence-electron chi connectivity index (χ1n) is 10.9. The first-order chi connectivity index (χ1) is 16.4. The number of ether oxygens (including phenoxy) is 1. The maximum Gasteiger partial charge on any atom is 0.281 e. The number of aromatic nitrogens is 2. The summed E-state index contributed by atoms with van der Waals surface area (Å²) < 4.78 is 6.75. The lowest BCUT2D eigenvalue weighted by molar-refractivity contribution is -0.125. The van der Waals surface area contributed by atoms with Gasteiger partial charge in [-0.3, -0.25) is 19.8 Å². The minimum absolute atomic E-state index is 0.00544. The zero-order valence-corrected chi connectivity index (χ0v) is 19.5. The molecule has 1 unspecified atom stereocenters. The van der Waals surface area contributed by atoms with Crippen LogP contribution in [0.1, 0.15) is 18.2 Å². The van der Waals surface area contributed by atoms with E-state index < -0.39 is 12.0 Å². The molecule has 34 heavy (non-hydrogen) atoms. The molecule has 5 rings (SSSR count). The fourth-order valence-electron chi connectivity index (χ4n) is 4.13. The van der Waals surface area contributed by atoms with Crippen molar-refractivity contribution in [3.8, 4) is 16.9 Å². The van der Waals surface area contributed by atoms with E-state index in [1.807, 2.05) is 49.4 Å². The van der Waals surface area contributed by atoms with Gasteiger partial charge in [-0.15, -0.1) is 11.3 Å². The fraction of sp³-hybridized carbons (Fsp3) is 0.200. The molecule has 1 atom stereocenters. The average Bonchev–Trinajstić information content (AvgIpc) is 3.18. The second-order valence-electron chi connectivity index (χ2n) is 8.00. The molecule has 8 nitrogen and oxygen atoms in total. The number of para-hydroxylation sites is 2. The van der Waals surface area contributed by atoms with E-state index in [1.165, 1.54) is 17.7 Å². The van der Waals surface area contributed by atoms with Crippen LogP contribution in [0.15, 0.2) is 65.7 Å². The molecule has 9 heteroatoms. The Bertz CT molecular complexity index is 1460. The predicted octanol–water partition coefficient (Wildman–Crippen LogP) is 3.71. The number of nitrogens with one attached hydrogen (secondary N) is 1. The highest BCUT2D eigenvalue weighted by atomic mass is 32.1. The van der Waals surface area contributed by atoms with Crippen molar-refractivity contribution in [3.05, 3.63) is 76.2 Å². The Hall–Kier alpha value is -3.98. The van der Waals surface area contributed by atoms with Crippen molar-refractivity contribution in [1.29, 1.82) is 0 Å². The van der Waals surface area contributed by atoms with Crippen LogP contribution in [0.3, 0.4) is 0 Å². The van der Waals surface area contributed by atoms with Crippen LogP contribution in [-0.2, 0) is 9.59 Å². The normalized spacial score (nSPS) is 15.2. The van der Waals surface area contributed by atoms with Gasteiger partial charge < -0.3 is 9.64 Å². The van der Waals surface area contributed by atoms with E-state index in [1.54, 1.807) is 24.0 Å². The SMILES string of the molecule is Cc1sc2ncn(NC(=O)CCN3C(=O)C(C)Oc4ccccc43)c(=O)c2c1-c1ccccc1. The van der Waals surface area contributed by atoms with Crippen molar-refractivity contribution in [2.45, 2.75) is 26.4 Å². The highest BCUT2D eigenvalue weighted by Crippen LogP contribution is 2.35. The Morgan fingerprint density at radius 1 is 1.12 bits per heavy atom. The summed E-state index contributed by atoms with van der Waals surface area (Å²) >= 11 is 1.45. The van der Waals surface area contributed by atoms with Crippen LogP contribution < -0.4 is 20.6 Å². The molecule has 0 saturated heterocycles. The quantitative estimate of drug-likeness (QED) is 0.476. The van der Waals surface area contributed by atoms with Crippen LogP contribution in [-0.4, -0.2) is 34.1 Å². The Kier molecular flexibility index (Phi) is 5.62. The number of hydrogen-bond acceptors (Lipinski definition) is 6. The lowest BCUT2D eigenvalue weighted by Crippen LogP contribution is -2.46. The number of carbonyl (C=O) groups is 2. The summed E-state index contributed by atoms with van der Waals surface area (Å²) in [6.45, 7) is 3.79. The van der Waals surface area contributed by atoms with Crippen molar-refractivity contribution >= 4 is 39.1 Å². The standard InChI is InChI=1S/C25H22N4O4S/c1-15-24(31)28(18-10-6-7-11-19(18)33-15)13-12-20(30)27-29-14-26-23-22(25(29)32)21(16(2)34-23)17-8-4-3-5-9-17/h3-11,14-15H,12-13H2,1-2H3,(H,27,30). The van der Waals surface area contributed by atoms with Crippen molar-refractivity contribution in [2.24, 2.45) is 0 Å². The lowest BCUT2D eigenvalue weighted by Gasteiger charge is -2.32. The Morgan fingerprint density at radius 3 is 2.65 bits per heavy atom. The number of nitrogens with zero attached hydrogens (tertiary/aromatic N) is 3. The minimum atomic E-state index is -0.634. The Labute approximate surface area is 199 Å². The number of anilines is 1. The average molecular weight is 475 g/mol.